The summed E-state index contributed by atoms with van der Waals surface area (Å²) in [6.07, 6.45) is 2.12. The van der Waals surface area contributed by atoms with Crippen molar-refractivity contribution in [3.8, 4) is 11.1 Å². The molecule has 0 aromatic heterocycles. The van der Waals surface area contributed by atoms with Crippen LogP contribution in [0.2, 0.25) is 0 Å². The van der Waals surface area contributed by atoms with E-state index in [4.69, 9.17) is 4.74 Å². The summed E-state index contributed by atoms with van der Waals surface area (Å²) in [7, 11) is 0. The zero-order valence-corrected chi connectivity index (χ0v) is 18.1. The number of nitrogens with one attached hydrogen (secondary N) is 2. The third kappa shape index (κ3) is 4.33. The third-order valence-corrected chi connectivity index (χ3v) is 6.32. The zero-order chi connectivity index (χ0) is 22.7. The number of fused-ring (bicyclic) bond motifs is 3. The van der Waals surface area contributed by atoms with Gasteiger partial charge in [-0.15, -0.1) is 0 Å². The molecule has 2 aromatic carbocycles. The summed E-state index contributed by atoms with van der Waals surface area (Å²) >= 11 is 0. The van der Waals surface area contributed by atoms with Crippen LogP contribution in [-0.4, -0.2) is 41.3 Å². The van der Waals surface area contributed by atoms with Crippen LogP contribution in [0.1, 0.15) is 56.1 Å². The lowest BCUT2D eigenvalue weighted by atomic mass is 9.98. The van der Waals surface area contributed by atoms with Gasteiger partial charge >= 0.3 is 12.1 Å². The zero-order valence-electron chi connectivity index (χ0n) is 18.1. The van der Waals surface area contributed by atoms with Crippen molar-refractivity contribution in [3.63, 3.8) is 0 Å². The first-order valence-electron chi connectivity index (χ1n) is 11.1. The van der Waals surface area contributed by atoms with E-state index in [0.717, 1.165) is 35.1 Å². The smallest absolute Gasteiger partial charge is 0.407 e. The predicted octanol–water partition coefficient (Wildman–Crippen LogP) is 3.82. The summed E-state index contributed by atoms with van der Waals surface area (Å²) in [5.41, 5.74) is 3.31. The van der Waals surface area contributed by atoms with Crippen molar-refractivity contribution in [3.05, 3.63) is 59.7 Å². The number of hydrogen-bond acceptors (Lipinski definition) is 4. The standard InChI is InChI=1S/C25H28N2O5/c1-2-3-12-21(22(28)27-25(13-14-25)23(29)30)26-24(31)32-15-20-18-10-6-4-8-16(18)17-9-5-7-11-19(17)20/h4-11,20-21H,2-3,12-15H2,1H3,(H,26,31)(H,27,28)(H,29,30)/t21-/m0/s1. The molecular weight excluding hydrogens is 408 g/mol. The van der Waals surface area contributed by atoms with E-state index in [1.807, 2.05) is 43.3 Å². The van der Waals surface area contributed by atoms with Gasteiger partial charge in [0.15, 0.2) is 0 Å². The number of aliphatic carboxylic acids is 1. The topological polar surface area (TPSA) is 105 Å². The number of carboxylic acid groups (broad SMARTS) is 1. The number of ether oxygens (including phenoxy) is 1. The average molecular weight is 437 g/mol. The van der Waals surface area contributed by atoms with Crippen LogP contribution < -0.4 is 10.6 Å². The van der Waals surface area contributed by atoms with Crippen LogP contribution in [-0.2, 0) is 14.3 Å². The molecule has 0 radical (unpaired) electrons. The molecule has 2 aliphatic carbocycles. The number of carboxylic acids is 1. The second-order valence-corrected chi connectivity index (χ2v) is 8.54. The molecule has 0 heterocycles. The van der Waals surface area contributed by atoms with E-state index < -0.39 is 29.6 Å². The van der Waals surface area contributed by atoms with Gasteiger partial charge in [0.05, 0.1) is 0 Å². The Kier molecular flexibility index (Phi) is 6.17. The second-order valence-electron chi connectivity index (χ2n) is 8.54. The molecule has 0 saturated heterocycles. The van der Waals surface area contributed by atoms with Gasteiger partial charge in [0.2, 0.25) is 5.91 Å². The van der Waals surface area contributed by atoms with Crippen LogP contribution in [0.4, 0.5) is 4.79 Å². The number of rotatable bonds is 9. The van der Waals surface area contributed by atoms with Crippen LogP contribution in [0.5, 0.6) is 0 Å². The largest absolute Gasteiger partial charge is 0.480 e. The maximum atomic E-state index is 12.7. The molecule has 0 aliphatic heterocycles. The van der Waals surface area contributed by atoms with Crippen molar-refractivity contribution in [1.82, 2.24) is 10.6 Å². The van der Waals surface area contributed by atoms with Crippen LogP contribution in [0, 0.1) is 0 Å². The van der Waals surface area contributed by atoms with Crippen LogP contribution in [0.3, 0.4) is 0 Å². The molecular formula is C25H28N2O5. The molecule has 32 heavy (non-hydrogen) atoms. The van der Waals surface area contributed by atoms with Crippen LogP contribution >= 0.6 is 0 Å². The number of unbranched alkanes of at least 4 members (excludes halogenated alkanes) is 1. The molecule has 0 unspecified atom stereocenters. The molecule has 168 valence electrons. The van der Waals surface area contributed by atoms with E-state index in [9.17, 15) is 19.5 Å². The number of amides is 2. The van der Waals surface area contributed by atoms with Gasteiger partial charge < -0.3 is 20.5 Å². The minimum atomic E-state index is -1.19. The van der Waals surface area contributed by atoms with Gasteiger partial charge in [-0.3, -0.25) is 4.79 Å². The molecule has 4 rings (SSSR count). The van der Waals surface area contributed by atoms with Crippen molar-refractivity contribution < 1.29 is 24.2 Å². The highest BCUT2D eigenvalue weighted by atomic mass is 16.5. The molecule has 2 aliphatic rings. The summed E-state index contributed by atoms with van der Waals surface area (Å²) in [5.74, 6) is -1.59. The monoisotopic (exact) mass is 436 g/mol. The van der Waals surface area contributed by atoms with Gasteiger partial charge in [-0.05, 0) is 41.5 Å². The summed E-state index contributed by atoms with van der Waals surface area (Å²) in [5, 5.41) is 14.6. The number of carbonyl (C=O) groups excluding carboxylic acids is 2. The molecule has 0 bridgehead atoms. The normalized spacial score (nSPS) is 16.4. The minimum Gasteiger partial charge on any atom is -0.480 e. The van der Waals surface area contributed by atoms with Crippen LogP contribution in [0.25, 0.3) is 11.1 Å². The molecule has 1 atom stereocenters. The molecule has 0 spiro atoms. The fraction of sp³-hybridized carbons (Fsp3) is 0.400. The Labute approximate surface area is 187 Å². The number of alkyl carbamates (subject to hydrolysis) is 1. The first-order valence-corrected chi connectivity index (χ1v) is 11.1. The van der Waals surface area contributed by atoms with Crippen molar-refractivity contribution in [2.75, 3.05) is 6.61 Å². The third-order valence-electron chi connectivity index (χ3n) is 6.32. The van der Waals surface area contributed by atoms with Crippen molar-refractivity contribution in [1.29, 1.82) is 0 Å². The summed E-state index contributed by atoms with van der Waals surface area (Å²) in [6.45, 7) is 2.14. The molecule has 7 nitrogen and oxygen atoms in total. The van der Waals surface area contributed by atoms with E-state index in [0.29, 0.717) is 19.3 Å². The maximum Gasteiger partial charge on any atom is 0.407 e. The SMILES string of the molecule is CCCC[C@H](NC(=O)OCC1c2ccccc2-c2ccccc21)C(=O)NC1(C(=O)O)CC1. The first kappa shape index (κ1) is 21.9. The second kappa shape index (κ2) is 9.02. The Morgan fingerprint density at radius 2 is 1.66 bits per heavy atom. The molecule has 7 heteroatoms. The summed E-state index contributed by atoms with van der Waals surface area (Å²) in [4.78, 5) is 36.7. The summed E-state index contributed by atoms with van der Waals surface area (Å²) in [6, 6.07) is 15.3. The van der Waals surface area contributed by atoms with Gasteiger partial charge in [0.25, 0.3) is 0 Å². The Morgan fingerprint density at radius 3 is 2.19 bits per heavy atom. The minimum absolute atomic E-state index is 0.0715. The Hall–Kier alpha value is -3.35. The Balaban J connectivity index is 1.40. The predicted molar refractivity (Wildman–Crippen MR) is 119 cm³/mol. The van der Waals surface area contributed by atoms with Gasteiger partial charge in [0.1, 0.15) is 18.2 Å². The highest BCUT2D eigenvalue weighted by molar-refractivity contribution is 5.93. The van der Waals surface area contributed by atoms with Crippen molar-refractivity contribution >= 4 is 18.0 Å². The van der Waals surface area contributed by atoms with E-state index in [1.165, 1.54) is 0 Å². The number of hydrogen-bond donors (Lipinski definition) is 3. The lowest BCUT2D eigenvalue weighted by Crippen LogP contribution is -2.53. The molecule has 2 aromatic rings. The van der Waals surface area contributed by atoms with Crippen molar-refractivity contribution in [2.45, 2.75) is 56.5 Å². The lowest BCUT2D eigenvalue weighted by molar-refractivity contribution is -0.143. The highest BCUT2D eigenvalue weighted by Gasteiger charge is 2.52. The van der Waals surface area contributed by atoms with E-state index in [2.05, 4.69) is 22.8 Å². The van der Waals surface area contributed by atoms with E-state index >= 15 is 0 Å². The van der Waals surface area contributed by atoms with Gasteiger partial charge in [0, 0.05) is 5.92 Å². The molecule has 2 amide bonds. The molecule has 3 N–H and O–H groups in total. The van der Waals surface area contributed by atoms with Crippen molar-refractivity contribution in [2.24, 2.45) is 0 Å². The van der Waals surface area contributed by atoms with Gasteiger partial charge in [-0.25, -0.2) is 9.59 Å². The number of benzene rings is 2. The lowest BCUT2D eigenvalue weighted by Gasteiger charge is -2.21. The molecule has 1 saturated carbocycles. The molecule has 1 fully saturated rings. The average Bonchev–Trinajstić information content (AvgIpc) is 3.51. The maximum absolute atomic E-state index is 12.7. The Morgan fingerprint density at radius 1 is 1.06 bits per heavy atom. The number of carbonyl (C=O) groups is 3. The van der Waals surface area contributed by atoms with Crippen LogP contribution in [0.15, 0.2) is 48.5 Å². The van der Waals surface area contributed by atoms with Gasteiger partial charge in [-0.2, -0.15) is 0 Å². The highest BCUT2D eigenvalue weighted by Crippen LogP contribution is 2.44. The van der Waals surface area contributed by atoms with E-state index in [1.54, 1.807) is 0 Å². The quantitative estimate of drug-likeness (QED) is 0.554. The Bertz CT molecular complexity index is 985. The fourth-order valence-electron chi connectivity index (χ4n) is 4.30. The first-order chi connectivity index (χ1) is 15.4. The van der Waals surface area contributed by atoms with E-state index in [-0.39, 0.29) is 12.5 Å². The summed E-state index contributed by atoms with van der Waals surface area (Å²) < 4.78 is 5.55. The fourth-order valence-corrected chi connectivity index (χ4v) is 4.30. The van der Waals surface area contributed by atoms with Gasteiger partial charge in [-0.1, -0.05) is 68.3 Å².